The number of nitrogens with zero attached hydrogens (tertiary/aromatic N) is 4. The second-order valence-corrected chi connectivity index (χ2v) is 7.77. The van der Waals surface area contributed by atoms with Gasteiger partial charge in [-0.15, -0.1) is 11.3 Å². The smallest absolute Gasteiger partial charge is 0.222 e. The van der Waals surface area contributed by atoms with Gasteiger partial charge in [-0.25, -0.2) is 4.98 Å². The highest BCUT2D eigenvalue weighted by atomic mass is 32.1. The number of hydrogen-bond donors (Lipinski definition) is 1. The molecule has 3 heterocycles. The van der Waals surface area contributed by atoms with Crippen LogP contribution in [-0.4, -0.2) is 41.0 Å². The molecule has 1 aliphatic rings. The summed E-state index contributed by atoms with van der Waals surface area (Å²) in [7, 11) is 0. The Hall–Kier alpha value is -2.18. The number of piperazine rings is 1. The minimum atomic E-state index is 0.360. The number of thiophene rings is 1. The molecule has 25 heavy (non-hydrogen) atoms. The third kappa shape index (κ3) is 3.32. The molecule has 0 unspecified atom stereocenters. The zero-order chi connectivity index (χ0) is 17.4. The summed E-state index contributed by atoms with van der Waals surface area (Å²) in [4.78, 5) is 14.9. The van der Waals surface area contributed by atoms with Crippen LogP contribution >= 0.6 is 11.3 Å². The minimum absolute atomic E-state index is 0.360. The summed E-state index contributed by atoms with van der Waals surface area (Å²) in [5, 5.41) is 1.40. The lowest BCUT2D eigenvalue weighted by atomic mass is 10.1. The molecule has 2 aromatic heterocycles. The van der Waals surface area contributed by atoms with Crippen molar-refractivity contribution in [2.45, 2.75) is 20.4 Å². The van der Waals surface area contributed by atoms with Crippen molar-refractivity contribution >= 4 is 33.2 Å². The first-order chi connectivity index (χ1) is 12.1. The van der Waals surface area contributed by atoms with E-state index in [1.54, 1.807) is 0 Å². The van der Waals surface area contributed by atoms with E-state index in [9.17, 15) is 0 Å². The number of nitrogens with two attached hydrogens (primary N) is 1. The van der Waals surface area contributed by atoms with Crippen LogP contribution in [0.15, 0.2) is 30.3 Å². The molecule has 1 aliphatic heterocycles. The monoisotopic (exact) mass is 353 g/mol. The van der Waals surface area contributed by atoms with Crippen molar-refractivity contribution in [3.63, 3.8) is 0 Å². The van der Waals surface area contributed by atoms with Gasteiger partial charge < -0.3 is 10.6 Å². The molecule has 130 valence electrons. The van der Waals surface area contributed by atoms with E-state index in [0.717, 1.165) is 44.2 Å². The standard InChI is InChI=1S/C19H23N5S/c1-13-11-18(22-19(20)21-13)24-9-7-23(8-10-24)12-17-14(2)15-5-3-4-6-16(15)25-17/h3-6,11H,7-10,12H2,1-2H3,(H2,20,21,22). The highest BCUT2D eigenvalue weighted by Gasteiger charge is 2.20. The summed E-state index contributed by atoms with van der Waals surface area (Å²) in [6.07, 6.45) is 0. The number of fused-ring (bicyclic) bond motifs is 1. The second-order valence-electron chi connectivity index (χ2n) is 6.64. The van der Waals surface area contributed by atoms with Gasteiger partial charge in [-0.1, -0.05) is 18.2 Å². The Labute approximate surface area is 152 Å². The number of aryl methyl sites for hydroxylation is 2. The van der Waals surface area contributed by atoms with Gasteiger partial charge in [-0.2, -0.15) is 4.98 Å². The second kappa shape index (κ2) is 6.61. The zero-order valence-corrected chi connectivity index (χ0v) is 15.5. The summed E-state index contributed by atoms with van der Waals surface area (Å²) in [5.74, 6) is 1.31. The summed E-state index contributed by atoms with van der Waals surface area (Å²) in [5.41, 5.74) is 8.15. The van der Waals surface area contributed by atoms with Crippen molar-refractivity contribution in [2.75, 3.05) is 36.8 Å². The molecule has 6 heteroatoms. The van der Waals surface area contributed by atoms with E-state index in [-0.39, 0.29) is 0 Å². The summed E-state index contributed by atoms with van der Waals surface area (Å²) >= 11 is 1.93. The lowest BCUT2D eigenvalue weighted by Gasteiger charge is -2.35. The van der Waals surface area contributed by atoms with E-state index >= 15 is 0 Å². The molecule has 1 saturated heterocycles. The molecule has 5 nitrogen and oxygen atoms in total. The molecule has 0 aliphatic carbocycles. The van der Waals surface area contributed by atoms with Gasteiger partial charge in [-0.05, 0) is 30.9 Å². The molecule has 0 saturated carbocycles. The average molecular weight is 353 g/mol. The quantitative estimate of drug-likeness (QED) is 0.783. The van der Waals surface area contributed by atoms with Crippen LogP contribution in [-0.2, 0) is 6.54 Å². The van der Waals surface area contributed by atoms with Crippen molar-refractivity contribution in [2.24, 2.45) is 0 Å². The van der Waals surface area contributed by atoms with Crippen molar-refractivity contribution in [1.29, 1.82) is 0 Å². The highest BCUT2D eigenvalue weighted by Crippen LogP contribution is 2.31. The molecule has 0 bridgehead atoms. The summed E-state index contributed by atoms with van der Waals surface area (Å²) in [6, 6.07) is 10.7. The fourth-order valence-electron chi connectivity index (χ4n) is 3.45. The predicted molar refractivity (Wildman–Crippen MR) is 105 cm³/mol. The van der Waals surface area contributed by atoms with Crippen LogP contribution in [0, 0.1) is 13.8 Å². The number of hydrogen-bond acceptors (Lipinski definition) is 6. The van der Waals surface area contributed by atoms with Crippen LogP contribution in [0.4, 0.5) is 11.8 Å². The molecular formula is C19H23N5S. The lowest BCUT2D eigenvalue weighted by Crippen LogP contribution is -2.46. The number of rotatable bonds is 3. The highest BCUT2D eigenvalue weighted by molar-refractivity contribution is 7.19. The third-order valence-electron chi connectivity index (χ3n) is 4.86. The zero-order valence-electron chi connectivity index (χ0n) is 14.7. The first-order valence-electron chi connectivity index (χ1n) is 8.65. The van der Waals surface area contributed by atoms with Gasteiger partial charge in [0.1, 0.15) is 5.82 Å². The van der Waals surface area contributed by atoms with Crippen LogP contribution in [0.25, 0.3) is 10.1 Å². The Morgan fingerprint density at radius 2 is 1.84 bits per heavy atom. The van der Waals surface area contributed by atoms with E-state index in [4.69, 9.17) is 5.73 Å². The number of benzene rings is 1. The Kier molecular flexibility index (Phi) is 4.31. The number of anilines is 2. The number of nitrogen functional groups attached to an aromatic ring is 1. The molecule has 4 rings (SSSR count). The third-order valence-corrected chi connectivity index (χ3v) is 6.12. The predicted octanol–water partition coefficient (Wildman–Crippen LogP) is 3.21. The molecule has 0 amide bonds. The van der Waals surface area contributed by atoms with E-state index in [1.165, 1.54) is 20.5 Å². The van der Waals surface area contributed by atoms with E-state index < -0.39 is 0 Å². The minimum Gasteiger partial charge on any atom is -0.368 e. The van der Waals surface area contributed by atoms with Gasteiger partial charge in [0.2, 0.25) is 5.95 Å². The van der Waals surface area contributed by atoms with Gasteiger partial charge >= 0.3 is 0 Å². The molecule has 0 radical (unpaired) electrons. The van der Waals surface area contributed by atoms with Gasteiger partial charge in [0, 0.05) is 54.1 Å². The van der Waals surface area contributed by atoms with Crippen molar-refractivity contribution in [3.05, 3.63) is 46.5 Å². The van der Waals surface area contributed by atoms with Crippen LogP contribution in [0.3, 0.4) is 0 Å². The molecule has 2 N–H and O–H groups in total. The maximum atomic E-state index is 5.79. The molecule has 0 spiro atoms. The lowest BCUT2D eigenvalue weighted by molar-refractivity contribution is 0.251. The van der Waals surface area contributed by atoms with Gasteiger partial charge in [0.25, 0.3) is 0 Å². The first kappa shape index (κ1) is 16.3. The van der Waals surface area contributed by atoms with Crippen molar-refractivity contribution in [1.82, 2.24) is 14.9 Å². The topological polar surface area (TPSA) is 58.3 Å². The van der Waals surface area contributed by atoms with E-state index in [1.807, 2.05) is 24.3 Å². The molecule has 1 aromatic carbocycles. The Morgan fingerprint density at radius 3 is 2.56 bits per heavy atom. The molecular weight excluding hydrogens is 330 g/mol. The van der Waals surface area contributed by atoms with Gasteiger partial charge in [0.15, 0.2) is 0 Å². The molecule has 0 atom stereocenters. The van der Waals surface area contributed by atoms with E-state index in [0.29, 0.717) is 5.95 Å². The summed E-state index contributed by atoms with van der Waals surface area (Å²) in [6.45, 7) is 9.26. The van der Waals surface area contributed by atoms with Crippen LogP contribution < -0.4 is 10.6 Å². The Bertz CT molecular complexity index is 876. The van der Waals surface area contributed by atoms with E-state index in [2.05, 4.69) is 51.0 Å². The average Bonchev–Trinajstić information content (AvgIpc) is 2.91. The molecule has 1 fully saturated rings. The van der Waals surface area contributed by atoms with Gasteiger partial charge in [-0.3, -0.25) is 4.90 Å². The molecule has 3 aromatic rings. The fourth-order valence-corrected chi connectivity index (χ4v) is 4.70. The van der Waals surface area contributed by atoms with Crippen LogP contribution in [0.2, 0.25) is 0 Å². The Morgan fingerprint density at radius 1 is 1.08 bits per heavy atom. The maximum absolute atomic E-state index is 5.79. The van der Waals surface area contributed by atoms with Crippen LogP contribution in [0.1, 0.15) is 16.1 Å². The van der Waals surface area contributed by atoms with Crippen molar-refractivity contribution < 1.29 is 0 Å². The largest absolute Gasteiger partial charge is 0.368 e. The maximum Gasteiger partial charge on any atom is 0.222 e. The summed E-state index contributed by atoms with van der Waals surface area (Å²) < 4.78 is 1.39. The number of aromatic nitrogens is 2. The first-order valence-corrected chi connectivity index (χ1v) is 9.47. The van der Waals surface area contributed by atoms with Crippen LogP contribution in [0.5, 0.6) is 0 Å². The Balaban J connectivity index is 1.44. The normalized spacial score (nSPS) is 15.8. The van der Waals surface area contributed by atoms with Crippen molar-refractivity contribution in [3.8, 4) is 0 Å². The SMILES string of the molecule is Cc1cc(N2CCN(Cc3sc4ccccc4c3C)CC2)nc(N)n1. The fraction of sp³-hybridized carbons (Fsp3) is 0.368. The van der Waals surface area contributed by atoms with Gasteiger partial charge in [0.05, 0.1) is 0 Å².